The first-order valence-corrected chi connectivity index (χ1v) is 7.51. The zero-order valence-electron chi connectivity index (χ0n) is 11.7. The molecule has 0 spiro atoms. The van der Waals surface area contributed by atoms with Gasteiger partial charge in [-0.15, -0.1) is 0 Å². The fourth-order valence-corrected chi connectivity index (χ4v) is 3.77. The maximum Gasteiger partial charge on any atom is 0.325 e. The number of hydrogen-bond acceptors (Lipinski definition) is 4. The lowest BCUT2D eigenvalue weighted by Crippen LogP contribution is -2.64. The summed E-state index contributed by atoms with van der Waals surface area (Å²) in [4.78, 5) is 16.4. The molecule has 3 rings (SSSR count). The highest BCUT2D eigenvalue weighted by Crippen LogP contribution is 2.39. The SMILES string of the molecule is CC1CN2CCCC2CN1CC(N)(C(=O)O)C1CC1. The summed E-state index contributed by atoms with van der Waals surface area (Å²) >= 11 is 0. The predicted molar refractivity (Wildman–Crippen MR) is 72.9 cm³/mol. The zero-order chi connectivity index (χ0) is 13.6. The fraction of sp³-hybridized carbons (Fsp3) is 0.929. The fourth-order valence-electron chi connectivity index (χ4n) is 3.77. The van der Waals surface area contributed by atoms with Crippen molar-refractivity contribution in [3.05, 3.63) is 0 Å². The van der Waals surface area contributed by atoms with Gasteiger partial charge in [-0.3, -0.25) is 14.6 Å². The van der Waals surface area contributed by atoms with Gasteiger partial charge in [0.25, 0.3) is 0 Å². The Morgan fingerprint density at radius 3 is 2.74 bits per heavy atom. The van der Waals surface area contributed by atoms with E-state index < -0.39 is 11.5 Å². The van der Waals surface area contributed by atoms with Gasteiger partial charge < -0.3 is 10.8 Å². The Labute approximate surface area is 114 Å². The molecule has 0 aromatic rings. The van der Waals surface area contributed by atoms with Crippen LogP contribution in [0.25, 0.3) is 0 Å². The molecule has 2 saturated heterocycles. The monoisotopic (exact) mass is 267 g/mol. The van der Waals surface area contributed by atoms with Crippen molar-refractivity contribution < 1.29 is 9.90 Å². The Hall–Kier alpha value is -0.650. The molecule has 3 atom stereocenters. The Bertz CT molecular complexity index is 372. The molecule has 2 aliphatic heterocycles. The van der Waals surface area contributed by atoms with Gasteiger partial charge in [0.1, 0.15) is 5.54 Å². The number of carbonyl (C=O) groups is 1. The second-order valence-corrected chi connectivity index (χ2v) is 6.69. The average Bonchev–Trinajstić information content (AvgIpc) is 3.11. The van der Waals surface area contributed by atoms with Crippen LogP contribution in [0.2, 0.25) is 0 Å². The van der Waals surface area contributed by atoms with E-state index in [0.29, 0.717) is 18.6 Å². The van der Waals surface area contributed by atoms with E-state index in [-0.39, 0.29) is 5.92 Å². The maximum absolute atomic E-state index is 11.5. The predicted octanol–water partition coefficient (Wildman–Crippen LogP) is 0.347. The molecule has 1 saturated carbocycles. The number of carboxylic acid groups (broad SMARTS) is 1. The Balaban J connectivity index is 1.69. The van der Waals surface area contributed by atoms with E-state index in [2.05, 4.69) is 16.7 Å². The molecule has 108 valence electrons. The number of nitrogens with zero attached hydrogens (tertiary/aromatic N) is 2. The standard InChI is InChI=1S/C14H25N3O2/c1-10-7-16-6-2-3-12(16)8-17(10)9-14(15,13(18)19)11-4-5-11/h10-12H,2-9,15H2,1H3,(H,18,19). The Morgan fingerprint density at radius 2 is 2.11 bits per heavy atom. The van der Waals surface area contributed by atoms with Crippen LogP contribution in [0.4, 0.5) is 0 Å². The Morgan fingerprint density at radius 1 is 1.37 bits per heavy atom. The van der Waals surface area contributed by atoms with Gasteiger partial charge in [-0.2, -0.15) is 0 Å². The van der Waals surface area contributed by atoms with Gasteiger partial charge in [0.2, 0.25) is 0 Å². The third kappa shape index (κ3) is 2.39. The smallest absolute Gasteiger partial charge is 0.325 e. The summed E-state index contributed by atoms with van der Waals surface area (Å²) in [6, 6.07) is 1.03. The first-order chi connectivity index (χ1) is 9.00. The van der Waals surface area contributed by atoms with Crippen LogP contribution in [-0.4, -0.2) is 64.7 Å². The normalized spacial score (nSPS) is 35.9. The number of fused-ring (bicyclic) bond motifs is 1. The molecule has 1 aliphatic carbocycles. The summed E-state index contributed by atoms with van der Waals surface area (Å²) in [5.41, 5.74) is 5.19. The van der Waals surface area contributed by atoms with E-state index >= 15 is 0 Å². The zero-order valence-corrected chi connectivity index (χ0v) is 11.7. The van der Waals surface area contributed by atoms with E-state index in [1.807, 2.05) is 0 Å². The molecular weight excluding hydrogens is 242 g/mol. The molecule has 2 heterocycles. The van der Waals surface area contributed by atoms with Crippen molar-refractivity contribution in [2.75, 3.05) is 26.2 Å². The third-order valence-electron chi connectivity index (χ3n) is 5.24. The Kier molecular flexibility index (Phi) is 3.31. The quantitative estimate of drug-likeness (QED) is 0.769. The molecule has 0 amide bonds. The van der Waals surface area contributed by atoms with Gasteiger partial charge in [0.05, 0.1) is 0 Å². The highest BCUT2D eigenvalue weighted by atomic mass is 16.4. The summed E-state index contributed by atoms with van der Waals surface area (Å²) in [7, 11) is 0. The van der Waals surface area contributed by atoms with Crippen LogP contribution in [0.15, 0.2) is 0 Å². The molecule has 0 aromatic heterocycles. The van der Waals surface area contributed by atoms with E-state index in [0.717, 1.165) is 25.9 Å². The molecule has 19 heavy (non-hydrogen) atoms. The number of aliphatic carboxylic acids is 1. The number of rotatable bonds is 4. The van der Waals surface area contributed by atoms with Gasteiger partial charge >= 0.3 is 5.97 Å². The van der Waals surface area contributed by atoms with E-state index in [9.17, 15) is 9.90 Å². The average molecular weight is 267 g/mol. The highest BCUT2D eigenvalue weighted by molar-refractivity contribution is 5.79. The first kappa shape index (κ1) is 13.3. The van der Waals surface area contributed by atoms with Crippen LogP contribution in [0.3, 0.4) is 0 Å². The molecule has 3 N–H and O–H groups in total. The van der Waals surface area contributed by atoms with Crippen molar-refractivity contribution in [2.45, 2.75) is 50.2 Å². The number of piperazine rings is 1. The second kappa shape index (κ2) is 4.72. The molecule has 3 unspecified atom stereocenters. The second-order valence-electron chi connectivity index (χ2n) is 6.69. The van der Waals surface area contributed by atoms with Crippen LogP contribution in [0.5, 0.6) is 0 Å². The first-order valence-electron chi connectivity index (χ1n) is 7.51. The van der Waals surface area contributed by atoms with E-state index in [4.69, 9.17) is 5.73 Å². The lowest BCUT2D eigenvalue weighted by atomic mass is 9.92. The molecule has 3 fully saturated rings. The summed E-state index contributed by atoms with van der Waals surface area (Å²) in [6.07, 6.45) is 4.47. The summed E-state index contributed by atoms with van der Waals surface area (Å²) in [5.74, 6) is -0.644. The highest BCUT2D eigenvalue weighted by Gasteiger charge is 2.50. The van der Waals surface area contributed by atoms with Crippen molar-refractivity contribution >= 4 is 5.97 Å². The third-order valence-corrected chi connectivity index (χ3v) is 5.24. The minimum absolute atomic E-state index is 0.179. The van der Waals surface area contributed by atoms with E-state index in [1.54, 1.807) is 0 Å². The van der Waals surface area contributed by atoms with Crippen LogP contribution < -0.4 is 5.73 Å². The largest absolute Gasteiger partial charge is 0.480 e. The molecule has 5 nitrogen and oxygen atoms in total. The summed E-state index contributed by atoms with van der Waals surface area (Å²) in [6.45, 7) is 5.96. The molecule has 5 heteroatoms. The number of nitrogens with two attached hydrogens (primary N) is 1. The molecule has 0 radical (unpaired) electrons. The van der Waals surface area contributed by atoms with Gasteiger partial charge in [-0.25, -0.2) is 0 Å². The van der Waals surface area contributed by atoms with Gasteiger partial charge in [-0.05, 0) is 45.1 Å². The van der Waals surface area contributed by atoms with E-state index in [1.165, 1.54) is 19.4 Å². The molecule has 0 bridgehead atoms. The summed E-state index contributed by atoms with van der Waals surface area (Å²) in [5, 5.41) is 9.49. The van der Waals surface area contributed by atoms with Crippen LogP contribution in [0, 0.1) is 5.92 Å². The lowest BCUT2D eigenvalue weighted by molar-refractivity contribution is -0.145. The minimum atomic E-state index is -1.03. The van der Waals surface area contributed by atoms with Crippen molar-refractivity contribution in [2.24, 2.45) is 11.7 Å². The van der Waals surface area contributed by atoms with Crippen LogP contribution in [-0.2, 0) is 4.79 Å². The van der Waals surface area contributed by atoms with Crippen molar-refractivity contribution in [1.82, 2.24) is 9.80 Å². The van der Waals surface area contributed by atoms with Crippen LogP contribution >= 0.6 is 0 Å². The van der Waals surface area contributed by atoms with Crippen molar-refractivity contribution in [3.63, 3.8) is 0 Å². The molecule has 3 aliphatic rings. The molecule has 0 aromatic carbocycles. The maximum atomic E-state index is 11.5. The summed E-state index contributed by atoms with van der Waals surface area (Å²) < 4.78 is 0. The van der Waals surface area contributed by atoms with Crippen LogP contribution in [0.1, 0.15) is 32.6 Å². The minimum Gasteiger partial charge on any atom is -0.480 e. The number of hydrogen-bond donors (Lipinski definition) is 2. The van der Waals surface area contributed by atoms with Gasteiger partial charge in [-0.1, -0.05) is 0 Å². The topological polar surface area (TPSA) is 69.8 Å². The number of carboxylic acids is 1. The van der Waals surface area contributed by atoms with Gasteiger partial charge in [0, 0.05) is 31.7 Å². The lowest BCUT2D eigenvalue weighted by Gasteiger charge is -2.45. The van der Waals surface area contributed by atoms with Crippen molar-refractivity contribution in [1.29, 1.82) is 0 Å². The molecular formula is C14H25N3O2. The van der Waals surface area contributed by atoms with Crippen molar-refractivity contribution in [3.8, 4) is 0 Å². The van der Waals surface area contributed by atoms with Gasteiger partial charge in [0.15, 0.2) is 0 Å².